The minimum Gasteiger partial charge on any atom is -0.311 e. The molecule has 0 saturated carbocycles. The lowest BCUT2D eigenvalue weighted by Crippen LogP contribution is -2.48. The summed E-state index contributed by atoms with van der Waals surface area (Å²) < 4.78 is 0. The van der Waals surface area contributed by atoms with E-state index in [9.17, 15) is 0 Å². The van der Waals surface area contributed by atoms with E-state index in [1.165, 1.54) is 45.3 Å². The molecule has 2 heteroatoms. The highest BCUT2D eigenvalue weighted by Crippen LogP contribution is 2.30. The second-order valence-corrected chi connectivity index (χ2v) is 7.61. The zero-order valence-electron chi connectivity index (χ0n) is 14.2. The van der Waals surface area contributed by atoms with Crippen molar-refractivity contribution in [3.05, 3.63) is 0 Å². The van der Waals surface area contributed by atoms with Gasteiger partial charge in [0.2, 0.25) is 0 Å². The molecule has 0 aliphatic carbocycles. The third kappa shape index (κ3) is 5.43. The van der Waals surface area contributed by atoms with Gasteiger partial charge in [-0.15, -0.1) is 0 Å². The van der Waals surface area contributed by atoms with Crippen molar-refractivity contribution in [2.75, 3.05) is 26.2 Å². The molecule has 1 aliphatic rings. The fourth-order valence-corrected chi connectivity index (χ4v) is 3.10. The van der Waals surface area contributed by atoms with Crippen molar-refractivity contribution in [3.8, 4) is 0 Å². The predicted octanol–water partition coefficient (Wildman–Crippen LogP) is 3.91. The Morgan fingerprint density at radius 3 is 2.16 bits per heavy atom. The Hall–Kier alpha value is -0.0800. The highest BCUT2D eigenvalue weighted by molar-refractivity contribution is 4.88. The van der Waals surface area contributed by atoms with E-state index in [4.69, 9.17) is 0 Å². The third-order valence-corrected chi connectivity index (χ3v) is 5.00. The van der Waals surface area contributed by atoms with Crippen LogP contribution in [0.5, 0.6) is 0 Å². The monoisotopic (exact) mass is 268 g/mol. The summed E-state index contributed by atoms with van der Waals surface area (Å²) in [6.45, 7) is 18.9. The number of likely N-dealkylation sites (tertiary alicyclic amines) is 1. The first kappa shape index (κ1) is 17.0. The van der Waals surface area contributed by atoms with Gasteiger partial charge in [-0.1, -0.05) is 27.2 Å². The Labute approximate surface area is 121 Å². The minimum absolute atomic E-state index is 0.229. The highest BCUT2D eigenvalue weighted by atomic mass is 15.2. The molecule has 0 bridgehead atoms. The van der Waals surface area contributed by atoms with Gasteiger partial charge >= 0.3 is 0 Å². The molecule has 2 nitrogen and oxygen atoms in total. The van der Waals surface area contributed by atoms with E-state index in [0.29, 0.717) is 5.41 Å². The number of hydrogen-bond acceptors (Lipinski definition) is 2. The zero-order valence-corrected chi connectivity index (χ0v) is 14.2. The molecule has 1 atom stereocenters. The van der Waals surface area contributed by atoms with Crippen molar-refractivity contribution in [1.82, 2.24) is 10.2 Å². The number of rotatable bonds is 7. The van der Waals surface area contributed by atoms with E-state index >= 15 is 0 Å². The van der Waals surface area contributed by atoms with Crippen LogP contribution in [0.15, 0.2) is 0 Å². The smallest absolute Gasteiger partial charge is 0.00967 e. The summed E-state index contributed by atoms with van der Waals surface area (Å²) in [4.78, 5) is 2.71. The molecule has 19 heavy (non-hydrogen) atoms. The van der Waals surface area contributed by atoms with Gasteiger partial charge in [0, 0.05) is 25.2 Å². The van der Waals surface area contributed by atoms with E-state index in [2.05, 4.69) is 51.8 Å². The quantitative estimate of drug-likeness (QED) is 0.753. The molecule has 1 N–H and O–H groups in total. The molecular formula is C17H36N2. The molecule has 1 unspecified atom stereocenters. The molecule has 1 fully saturated rings. The first-order valence-electron chi connectivity index (χ1n) is 8.31. The summed E-state index contributed by atoms with van der Waals surface area (Å²) in [7, 11) is 0. The fraction of sp³-hybridized carbons (Fsp3) is 1.00. The maximum atomic E-state index is 3.74. The Kier molecular flexibility index (Phi) is 6.32. The Morgan fingerprint density at radius 2 is 1.74 bits per heavy atom. The summed E-state index contributed by atoms with van der Waals surface area (Å²) in [6.07, 6.45) is 5.31. The predicted molar refractivity (Wildman–Crippen MR) is 85.6 cm³/mol. The van der Waals surface area contributed by atoms with Crippen molar-refractivity contribution >= 4 is 0 Å². The Bertz CT molecular complexity index is 250. The SMILES string of the molecule is CCC1CCN(CC(CC)(CC)CNC(C)(C)C)C1. The van der Waals surface area contributed by atoms with Gasteiger partial charge < -0.3 is 10.2 Å². The summed E-state index contributed by atoms with van der Waals surface area (Å²) in [5, 5.41) is 3.74. The van der Waals surface area contributed by atoms with Crippen LogP contribution in [0.3, 0.4) is 0 Å². The molecule has 0 aromatic heterocycles. The molecule has 1 aliphatic heterocycles. The van der Waals surface area contributed by atoms with Gasteiger partial charge in [-0.2, -0.15) is 0 Å². The molecule has 0 aromatic carbocycles. The summed E-state index contributed by atoms with van der Waals surface area (Å²) >= 11 is 0. The molecule has 1 rings (SSSR count). The zero-order chi connectivity index (χ0) is 14.5. The molecule has 114 valence electrons. The minimum atomic E-state index is 0.229. The van der Waals surface area contributed by atoms with E-state index in [0.717, 1.165) is 12.5 Å². The van der Waals surface area contributed by atoms with Crippen LogP contribution in [0.4, 0.5) is 0 Å². The largest absolute Gasteiger partial charge is 0.311 e. The number of nitrogens with one attached hydrogen (secondary N) is 1. The van der Waals surface area contributed by atoms with Crippen LogP contribution in [0, 0.1) is 11.3 Å². The lowest BCUT2D eigenvalue weighted by molar-refractivity contribution is 0.141. The van der Waals surface area contributed by atoms with E-state index < -0.39 is 0 Å². The summed E-state index contributed by atoms with van der Waals surface area (Å²) in [5.41, 5.74) is 0.683. The van der Waals surface area contributed by atoms with Crippen molar-refractivity contribution < 1.29 is 0 Å². The average molecular weight is 268 g/mol. The van der Waals surface area contributed by atoms with Crippen LogP contribution in [0.1, 0.15) is 67.2 Å². The van der Waals surface area contributed by atoms with Gasteiger partial charge in [0.25, 0.3) is 0 Å². The van der Waals surface area contributed by atoms with E-state index in [1.54, 1.807) is 0 Å². The molecular weight excluding hydrogens is 232 g/mol. The Morgan fingerprint density at radius 1 is 1.11 bits per heavy atom. The van der Waals surface area contributed by atoms with Gasteiger partial charge in [0.1, 0.15) is 0 Å². The number of nitrogens with zero attached hydrogens (tertiary/aromatic N) is 1. The van der Waals surface area contributed by atoms with Gasteiger partial charge in [-0.05, 0) is 57.9 Å². The Balaban J connectivity index is 2.56. The van der Waals surface area contributed by atoms with Crippen LogP contribution in [-0.4, -0.2) is 36.6 Å². The average Bonchev–Trinajstić information content (AvgIpc) is 2.81. The first-order valence-corrected chi connectivity index (χ1v) is 8.31. The van der Waals surface area contributed by atoms with Crippen molar-refractivity contribution in [2.45, 2.75) is 72.8 Å². The van der Waals surface area contributed by atoms with Crippen LogP contribution in [0.2, 0.25) is 0 Å². The summed E-state index contributed by atoms with van der Waals surface area (Å²) in [5.74, 6) is 0.946. The van der Waals surface area contributed by atoms with Crippen LogP contribution < -0.4 is 5.32 Å². The second kappa shape index (κ2) is 7.08. The van der Waals surface area contributed by atoms with Gasteiger partial charge in [-0.3, -0.25) is 0 Å². The molecule has 0 spiro atoms. The lowest BCUT2D eigenvalue weighted by atomic mass is 9.81. The van der Waals surface area contributed by atoms with Gasteiger partial charge in [0.05, 0.1) is 0 Å². The van der Waals surface area contributed by atoms with Crippen LogP contribution in [-0.2, 0) is 0 Å². The fourth-order valence-electron chi connectivity index (χ4n) is 3.10. The summed E-state index contributed by atoms with van der Waals surface area (Å²) in [6, 6.07) is 0. The third-order valence-electron chi connectivity index (χ3n) is 5.00. The maximum Gasteiger partial charge on any atom is 0.00967 e. The first-order chi connectivity index (χ1) is 8.84. The maximum absolute atomic E-state index is 3.74. The van der Waals surface area contributed by atoms with Crippen molar-refractivity contribution in [3.63, 3.8) is 0 Å². The molecule has 1 saturated heterocycles. The molecule has 0 radical (unpaired) electrons. The molecule has 0 amide bonds. The van der Waals surface area contributed by atoms with Gasteiger partial charge in [0.15, 0.2) is 0 Å². The van der Waals surface area contributed by atoms with Gasteiger partial charge in [-0.25, -0.2) is 0 Å². The van der Waals surface area contributed by atoms with Crippen molar-refractivity contribution in [2.24, 2.45) is 11.3 Å². The van der Waals surface area contributed by atoms with Crippen LogP contribution in [0.25, 0.3) is 0 Å². The van der Waals surface area contributed by atoms with Crippen molar-refractivity contribution in [1.29, 1.82) is 0 Å². The topological polar surface area (TPSA) is 15.3 Å². The lowest BCUT2D eigenvalue weighted by Gasteiger charge is -2.38. The van der Waals surface area contributed by atoms with Crippen LogP contribution >= 0.6 is 0 Å². The standard InChI is InChI=1S/C17H36N2/c1-7-15-10-11-19(12-15)14-17(8-2,9-3)13-18-16(4,5)6/h15,18H,7-14H2,1-6H3. The molecule has 0 aromatic rings. The number of hydrogen-bond donors (Lipinski definition) is 1. The normalized spacial score (nSPS) is 22.1. The second-order valence-electron chi connectivity index (χ2n) is 7.61. The molecule has 1 heterocycles. The van der Waals surface area contributed by atoms with E-state index in [1.807, 2.05) is 0 Å². The highest BCUT2D eigenvalue weighted by Gasteiger charge is 2.32. The van der Waals surface area contributed by atoms with E-state index in [-0.39, 0.29) is 5.54 Å².